The van der Waals surface area contributed by atoms with Gasteiger partial charge in [-0.2, -0.15) is 0 Å². The molecule has 0 unspecified atom stereocenters. The smallest absolute Gasteiger partial charge is 0.106 e. The average molecular weight is 241 g/mol. The molecule has 0 amide bonds. The summed E-state index contributed by atoms with van der Waals surface area (Å²) in [6.07, 6.45) is 2.45. The summed E-state index contributed by atoms with van der Waals surface area (Å²) in [6, 6.07) is 5.68. The summed E-state index contributed by atoms with van der Waals surface area (Å²) in [7, 11) is 0. The molecule has 0 aromatic heterocycles. The van der Waals surface area contributed by atoms with Gasteiger partial charge in [-0.1, -0.05) is 23.8 Å². The molecular formula is C11H13ClN2S. The van der Waals surface area contributed by atoms with E-state index in [1.165, 1.54) is 12.8 Å². The SMILES string of the molecule is NC(=S)c1ccc(Cl)cc1N1CCCC1. The van der Waals surface area contributed by atoms with Gasteiger partial charge in [0.15, 0.2) is 0 Å². The van der Waals surface area contributed by atoms with Crippen LogP contribution in [0.25, 0.3) is 0 Å². The number of thiocarbonyl (C=S) groups is 1. The van der Waals surface area contributed by atoms with Gasteiger partial charge in [-0.15, -0.1) is 0 Å². The van der Waals surface area contributed by atoms with Crippen LogP contribution in [0.3, 0.4) is 0 Å². The Morgan fingerprint density at radius 3 is 2.60 bits per heavy atom. The van der Waals surface area contributed by atoms with Crippen LogP contribution < -0.4 is 10.6 Å². The summed E-state index contributed by atoms with van der Waals surface area (Å²) in [5, 5.41) is 0.733. The molecule has 2 nitrogen and oxygen atoms in total. The van der Waals surface area contributed by atoms with Gasteiger partial charge in [-0.05, 0) is 31.0 Å². The first-order chi connectivity index (χ1) is 7.18. The van der Waals surface area contributed by atoms with E-state index >= 15 is 0 Å². The van der Waals surface area contributed by atoms with Gasteiger partial charge in [0.2, 0.25) is 0 Å². The fourth-order valence-electron chi connectivity index (χ4n) is 1.93. The minimum Gasteiger partial charge on any atom is -0.389 e. The Morgan fingerprint density at radius 2 is 2.00 bits per heavy atom. The second-order valence-corrected chi connectivity index (χ2v) is 4.60. The lowest BCUT2D eigenvalue weighted by Gasteiger charge is -2.21. The summed E-state index contributed by atoms with van der Waals surface area (Å²) in [4.78, 5) is 2.73. The number of anilines is 1. The van der Waals surface area contributed by atoms with Gasteiger partial charge in [0.25, 0.3) is 0 Å². The van der Waals surface area contributed by atoms with Gasteiger partial charge in [0.05, 0.1) is 0 Å². The minimum absolute atomic E-state index is 0.438. The van der Waals surface area contributed by atoms with Crippen molar-refractivity contribution in [1.29, 1.82) is 0 Å². The topological polar surface area (TPSA) is 29.3 Å². The monoisotopic (exact) mass is 240 g/mol. The third kappa shape index (κ3) is 2.24. The summed E-state index contributed by atoms with van der Waals surface area (Å²) < 4.78 is 0. The number of nitrogens with zero attached hydrogens (tertiary/aromatic N) is 1. The van der Waals surface area contributed by atoms with Crippen molar-refractivity contribution >= 4 is 34.5 Å². The lowest BCUT2D eigenvalue weighted by molar-refractivity contribution is 0.949. The summed E-state index contributed by atoms with van der Waals surface area (Å²) in [6.45, 7) is 2.13. The molecule has 0 spiro atoms. The van der Waals surface area contributed by atoms with Crippen molar-refractivity contribution in [3.05, 3.63) is 28.8 Å². The van der Waals surface area contributed by atoms with Crippen LogP contribution in [-0.4, -0.2) is 18.1 Å². The lowest BCUT2D eigenvalue weighted by Crippen LogP contribution is -2.22. The van der Waals surface area contributed by atoms with Crippen molar-refractivity contribution in [2.75, 3.05) is 18.0 Å². The van der Waals surface area contributed by atoms with E-state index < -0.39 is 0 Å². The zero-order valence-corrected chi connectivity index (χ0v) is 9.94. The number of hydrogen-bond acceptors (Lipinski definition) is 2. The van der Waals surface area contributed by atoms with Crippen LogP contribution in [0, 0.1) is 0 Å². The van der Waals surface area contributed by atoms with Gasteiger partial charge < -0.3 is 10.6 Å². The van der Waals surface area contributed by atoms with Crippen molar-refractivity contribution in [2.45, 2.75) is 12.8 Å². The predicted octanol–water partition coefficient (Wildman–Crippen LogP) is 2.57. The molecule has 0 saturated carbocycles. The van der Waals surface area contributed by atoms with E-state index in [0.717, 1.165) is 29.4 Å². The molecule has 0 radical (unpaired) electrons. The van der Waals surface area contributed by atoms with Crippen molar-refractivity contribution in [3.8, 4) is 0 Å². The molecule has 1 saturated heterocycles. The van der Waals surface area contributed by atoms with Crippen LogP contribution in [0.15, 0.2) is 18.2 Å². The summed E-state index contributed by atoms with van der Waals surface area (Å²) in [5.41, 5.74) is 7.70. The molecule has 1 fully saturated rings. The van der Waals surface area contributed by atoms with E-state index in [9.17, 15) is 0 Å². The van der Waals surface area contributed by atoms with Crippen LogP contribution in [0.2, 0.25) is 5.02 Å². The van der Waals surface area contributed by atoms with Crippen molar-refractivity contribution < 1.29 is 0 Å². The zero-order chi connectivity index (χ0) is 10.8. The maximum absolute atomic E-state index is 5.99. The first-order valence-electron chi connectivity index (χ1n) is 5.03. The summed E-state index contributed by atoms with van der Waals surface area (Å²) >= 11 is 11.0. The Hall–Kier alpha value is -0.800. The molecule has 1 aliphatic heterocycles. The number of nitrogens with two attached hydrogens (primary N) is 1. The molecule has 1 aromatic rings. The van der Waals surface area contributed by atoms with E-state index in [-0.39, 0.29) is 0 Å². The molecular weight excluding hydrogens is 228 g/mol. The van der Waals surface area contributed by atoms with Crippen LogP contribution in [0.1, 0.15) is 18.4 Å². The van der Waals surface area contributed by atoms with Crippen LogP contribution >= 0.6 is 23.8 Å². The van der Waals surface area contributed by atoms with Crippen LogP contribution in [0.4, 0.5) is 5.69 Å². The van der Waals surface area contributed by atoms with E-state index in [2.05, 4.69) is 4.90 Å². The first-order valence-corrected chi connectivity index (χ1v) is 5.81. The Bertz CT molecular complexity index is 386. The molecule has 1 aromatic carbocycles. The largest absolute Gasteiger partial charge is 0.389 e. The molecule has 15 heavy (non-hydrogen) atoms. The van der Waals surface area contributed by atoms with E-state index in [1.54, 1.807) is 0 Å². The molecule has 1 heterocycles. The second kappa shape index (κ2) is 4.37. The third-order valence-corrected chi connectivity index (χ3v) is 3.13. The maximum atomic E-state index is 5.99. The highest BCUT2D eigenvalue weighted by Crippen LogP contribution is 2.27. The standard InChI is InChI=1S/C11H13ClN2S/c12-8-3-4-9(11(13)15)10(7-8)14-5-1-2-6-14/h3-4,7H,1-2,5-6H2,(H2,13,15). The molecule has 80 valence electrons. The third-order valence-electron chi connectivity index (χ3n) is 2.67. The quantitative estimate of drug-likeness (QED) is 0.806. The fourth-order valence-corrected chi connectivity index (χ4v) is 2.27. The zero-order valence-electron chi connectivity index (χ0n) is 8.37. The second-order valence-electron chi connectivity index (χ2n) is 3.72. The molecule has 2 N–H and O–H groups in total. The Kier molecular flexibility index (Phi) is 3.12. The van der Waals surface area contributed by atoms with Gasteiger partial charge in [0.1, 0.15) is 4.99 Å². The highest BCUT2D eigenvalue weighted by Gasteiger charge is 2.16. The lowest BCUT2D eigenvalue weighted by atomic mass is 10.1. The van der Waals surface area contributed by atoms with Crippen LogP contribution in [-0.2, 0) is 0 Å². The Morgan fingerprint density at radius 1 is 1.33 bits per heavy atom. The fraction of sp³-hybridized carbons (Fsp3) is 0.364. The van der Waals surface area contributed by atoms with Crippen molar-refractivity contribution in [3.63, 3.8) is 0 Å². The molecule has 0 bridgehead atoms. The molecule has 0 aliphatic carbocycles. The molecule has 0 atom stereocenters. The average Bonchev–Trinajstić information content (AvgIpc) is 2.69. The minimum atomic E-state index is 0.438. The molecule has 2 rings (SSSR count). The Balaban J connectivity index is 2.41. The summed E-state index contributed by atoms with van der Waals surface area (Å²) in [5.74, 6) is 0. The van der Waals surface area contributed by atoms with Gasteiger partial charge in [0, 0.05) is 29.4 Å². The van der Waals surface area contributed by atoms with Gasteiger partial charge >= 0.3 is 0 Å². The van der Waals surface area contributed by atoms with Gasteiger partial charge in [-0.3, -0.25) is 0 Å². The maximum Gasteiger partial charge on any atom is 0.106 e. The highest BCUT2D eigenvalue weighted by atomic mass is 35.5. The number of benzene rings is 1. The number of hydrogen-bond donors (Lipinski definition) is 1. The highest BCUT2D eigenvalue weighted by molar-refractivity contribution is 7.80. The first kappa shape index (κ1) is 10.7. The van der Waals surface area contributed by atoms with Crippen LogP contribution in [0.5, 0.6) is 0 Å². The molecule has 1 aliphatic rings. The van der Waals surface area contributed by atoms with Crippen molar-refractivity contribution in [2.24, 2.45) is 5.73 Å². The van der Waals surface area contributed by atoms with Crippen molar-refractivity contribution in [1.82, 2.24) is 0 Å². The van der Waals surface area contributed by atoms with Gasteiger partial charge in [-0.25, -0.2) is 0 Å². The normalized spacial score (nSPS) is 15.7. The number of rotatable bonds is 2. The van der Waals surface area contributed by atoms with E-state index in [1.807, 2.05) is 18.2 Å². The Labute approximate surface area is 100 Å². The predicted molar refractivity (Wildman–Crippen MR) is 68.8 cm³/mol. The van der Waals surface area contributed by atoms with E-state index in [0.29, 0.717) is 4.99 Å². The molecule has 4 heteroatoms. The van der Waals surface area contributed by atoms with E-state index in [4.69, 9.17) is 29.6 Å². The number of halogens is 1.